The molecule has 1 N–H and O–H groups in total. The monoisotopic (exact) mass is 539 g/mol. The van der Waals surface area contributed by atoms with Crippen LogP contribution in [0.3, 0.4) is 0 Å². The van der Waals surface area contributed by atoms with E-state index in [-0.39, 0.29) is 12.4 Å². The number of ether oxygens (including phenoxy) is 2. The number of carbonyl (C=O) groups is 2. The van der Waals surface area contributed by atoms with Gasteiger partial charge in [0.15, 0.2) is 12.4 Å². The van der Waals surface area contributed by atoms with Gasteiger partial charge in [-0.15, -0.1) is 0 Å². The summed E-state index contributed by atoms with van der Waals surface area (Å²) in [6.07, 6.45) is 1.41. The molecule has 0 bridgehead atoms. The minimum absolute atomic E-state index is 0.246. The number of aromatic nitrogens is 1. The molecule has 4 rings (SSSR count). The Morgan fingerprint density at radius 3 is 2.49 bits per heavy atom. The Kier molecular flexibility index (Phi) is 8.58. The zero-order chi connectivity index (χ0) is 26.4. The lowest BCUT2D eigenvalue weighted by Crippen LogP contribution is -2.33. The first-order valence-electron chi connectivity index (χ1n) is 11.9. The summed E-state index contributed by atoms with van der Waals surface area (Å²) >= 11 is 12.4. The van der Waals surface area contributed by atoms with Crippen molar-refractivity contribution in [3.63, 3.8) is 0 Å². The average Bonchev–Trinajstić information content (AvgIpc) is 3.29. The molecular weight excluding hydrogens is 513 g/mol. The molecule has 0 saturated carbocycles. The molecule has 1 aromatic heterocycles. The van der Waals surface area contributed by atoms with Gasteiger partial charge in [-0.3, -0.25) is 4.79 Å². The maximum Gasteiger partial charge on any atom is 0.415 e. The van der Waals surface area contributed by atoms with Crippen molar-refractivity contribution in [2.75, 3.05) is 25.0 Å². The molecule has 7 nitrogen and oxygen atoms in total. The molecule has 0 spiro atoms. The molecule has 0 fully saturated rings. The van der Waals surface area contributed by atoms with Crippen molar-refractivity contribution in [3.8, 4) is 11.5 Å². The van der Waals surface area contributed by atoms with E-state index >= 15 is 0 Å². The molecule has 37 heavy (non-hydrogen) atoms. The molecule has 4 aromatic rings. The SMILES string of the molecule is CCN(CC)C(=O)Oc1ccc2c(ccn2Cc2ccccc2Cl)c1NC(=O)COc1cccc(Cl)c1. The fraction of sp³-hybridized carbons (Fsp3) is 0.214. The Morgan fingerprint density at radius 1 is 0.973 bits per heavy atom. The predicted molar refractivity (Wildman–Crippen MR) is 147 cm³/mol. The van der Waals surface area contributed by atoms with Gasteiger partial charge in [-0.25, -0.2) is 4.79 Å². The number of hydrogen-bond acceptors (Lipinski definition) is 4. The van der Waals surface area contributed by atoms with Gasteiger partial charge < -0.3 is 24.3 Å². The van der Waals surface area contributed by atoms with Gasteiger partial charge in [-0.1, -0.05) is 47.5 Å². The molecule has 192 valence electrons. The number of hydrogen-bond donors (Lipinski definition) is 1. The molecule has 0 aliphatic carbocycles. The smallest absolute Gasteiger partial charge is 0.415 e. The summed E-state index contributed by atoms with van der Waals surface area (Å²) in [4.78, 5) is 27.2. The lowest BCUT2D eigenvalue weighted by atomic mass is 10.2. The van der Waals surface area contributed by atoms with Crippen LogP contribution < -0.4 is 14.8 Å². The number of rotatable bonds is 9. The lowest BCUT2D eigenvalue weighted by Gasteiger charge is -2.20. The van der Waals surface area contributed by atoms with Gasteiger partial charge in [0.1, 0.15) is 5.75 Å². The van der Waals surface area contributed by atoms with Crippen molar-refractivity contribution in [2.24, 2.45) is 0 Å². The van der Waals surface area contributed by atoms with Gasteiger partial charge in [0.25, 0.3) is 5.91 Å². The molecule has 3 aromatic carbocycles. The zero-order valence-corrected chi connectivity index (χ0v) is 22.1. The van der Waals surface area contributed by atoms with E-state index < -0.39 is 12.0 Å². The molecular formula is C28H27Cl2N3O4. The third kappa shape index (κ3) is 6.37. The second-order valence-corrected chi connectivity index (χ2v) is 9.08. The largest absolute Gasteiger partial charge is 0.484 e. The van der Waals surface area contributed by atoms with Crippen LogP contribution in [-0.2, 0) is 11.3 Å². The van der Waals surface area contributed by atoms with Crippen molar-refractivity contribution in [3.05, 3.63) is 88.5 Å². The van der Waals surface area contributed by atoms with Crippen LogP contribution >= 0.6 is 23.2 Å². The lowest BCUT2D eigenvalue weighted by molar-refractivity contribution is -0.118. The van der Waals surface area contributed by atoms with Crippen LogP contribution in [-0.4, -0.2) is 41.2 Å². The van der Waals surface area contributed by atoms with E-state index in [0.29, 0.717) is 46.5 Å². The van der Waals surface area contributed by atoms with Crippen molar-refractivity contribution in [2.45, 2.75) is 20.4 Å². The average molecular weight is 540 g/mol. The number of amides is 2. The van der Waals surface area contributed by atoms with E-state index in [0.717, 1.165) is 11.1 Å². The summed E-state index contributed by atoms with van der Waals surface area (Å²) in [5.74, 6) is 0.308. The molecule has 1 heterocycles. The number of benzene rings is 3. The molecule has 0 aliphatic heterocycles. The van der Waals surface area contributed by atoms with Crippen LogP contribution in [0.15, 0.2) is 72.9 Å². The third-order valence-corrected chi connectivity index (χ3v) is 6.47. The highest BCUT2D eigenvalue weighted by Crippen LogP contribution is 2.35. The van der Waals surface area contributed by atoms with Crippen molar-refractivity contribution in [1.29, 1.82) is 0 Å². The van der Waals surface area contributed by atoms with Crippen LogP contribution in [0.25, 0.3) is 10.9 Å². The molecule has 0 atom stereocenters. The zero-order valence-electron chi connectivity index (χ0n) is 20.5. The summed E-state index contributed by atoms with van der Waals surface area (Å²) in [5, 5.41) is 4.77. The van der Waals surface area contributed by atoms with Crippen LogP contribution in [0.2, 0.25) is 10.0 Å². The van der Waals surface area contributed by atoms with E-state index in [4.69, 9.17) is 32.7 Å². The van der Waals surface area contributed by atoms with Crippen LogP contribution in [0.4, 0.5) is 10.5 Å². The summed E-state index contributed by atoms with van der Waals surface area (Å²) in [6.45, 7) is 5.03. The maximum atomic E-state index is 12.9. The first-order chi connectivity index (χ1) is 17.9. The van der Waals surface area contributed by atoms with E-state index in [9.17, 15) is 9.59 Å². The first-order valence-corrected chi connectivity index (χ1v) is 12.7. The Balaban J connectivity index is 1.64. The number of halogens is 2. The summed E-state index contributed by atoms with van der Waals surface area (Å²) in [7, 11) is 0. The van der Waals surface area contributed by atoms with Crippen molar-refractivity contribution >= 4 is 51.8 Å². The molecule has 2 amide bonds. The normalized spacial score (nSPS) is 10.8. The van der Waals surface area contributed by atoms with Crippen molar-refractivity contribution in [1.82, 2.24) is 9.47 Å². The topological polar surface area (TPSA) is 72.8 Å². The van der Waals surface area contributed by atoms with Gasteiger partial charge >= 0.3 is 6.09 Å². The Labute approximate surface area is 225 Å². The van der Waals surface area contributed by atoms with Crippen LogP contribution in [0.1, 0.15) is 19.4 Å². The number of carbonyl (C=O) groups excluding carboxylic acids is 2. The Morgan fingerprint density at radius 2 is 1.76 bits per heavy atom. The second-order valence-electron chi connectivity index (χ2n) is 8.24. The molecule has 0 saturated heterocycles. The van der Waals surface area contributed by atoms with Crippen molar-refractivity contribution < 1.29 is 19.1 Å². The van der Waals surface area contributed by atoms with E-state index in [1.54, 1.807) is 35.2 Å². The maximum absolute atomic E-state index is 12.9. The highest BCUT2D eigenvalue weighted by Gasteiger charge is 2.20. The first kappa shape index (κ1) is 26.4. The molecule has 0 unspecified atom stereocenters. The summed E-state index contributed by atoms with van der Waals surface area (Å²) in [6, 6.07) is 19.8. The highest BCUT2D eigenvalue weighted by atomic mass is 35.5. The van der Waals surface area contributed by atoms with Gasteiger partial charge in [-0.05, 0) is 61.9 Å². The predicted octanol–water partition coefficient (Wildman–Crippen LogP) is 6.85. The minimum Gasteiger partial charge on any atom is -0.484 e. The number of fused-ring (bicyclic) bond motifs is 1. The number of anilines is 1. The standard InChI is InChI=1S/C28H27Cl2N3O4/c1-3-32(4-2)28(35)37-25-13-12-24-22(14-15-33(24)17-19-8-5-6-11-23(19)30)27(25)31-26(34)18-36-21-10-7-9-20(29)16-21/h5-16H,3-4,17-18H2,1-2H3,(H,31,34). The summed E-state index contributed by atoms with van der Waals surface area (Å²) in [5.41, 5.74) is 2.18. The second kappa shape index (κ2) is 12.0. The quantitative estimate of drug-likeness (QED) is 0.252. The fourth-order valence-electron chi connectivity index (χ4n) is 3.94. The van der Waals surface area contributed by atoms with E-state index in [1.165, 1.54) is 0 Å². The number of nitrogens with zero attached hydrogens (tertiary/aromatic N) is 2. The minimum atomic E-state index is -0.495. The molecule has 9 heteroatoms. The van der Waals surface area contributed by atoms with Gasteiger partial charge in [-0.2, -0.15) is 0 Å². The van der Waals surface area contributed by atoms with Crippen LogP contribution in [0.5, 0.6) is 11.5 Å². The van der Waals surface area contributed by atoms with Gasteiger partial charge in [0.2, 0.25) is 0 Å². The van der Waals surface area contributed by atoms with E-state index in [1.807, 2.05) is 61.0 Å². The van der Waals surface area contributed by atoms with Crippen LogP contribution in [0, 0.1) is 0 Å². The summed E-state index contributed by atoms with van der Waals surface area (Å²) < 4.78 is 13.3. The fourth-order valence-corrected chi connectivity index (χ4v) is 4.31. The molecule has 0 aliphatic rings. The van der Waals surface area contributed by atoms with E-state index in [2.05, 4.69) is 5.32 Å². The Bertz CT molecular complexity index is 1420. The third-order valence-electron chi connectivity index (χ3n) is 5.86. The van der Waals surface area contributed by atoms with Gasteiger partial charge in [0, 0.05) is 41.3 Å². The number of nitrogens with one attached hydrogen (secondary N) is 1. The highest BCUT2D eigenvalue weighted by molar-refractivity contribution is 6.31. The Hall–Kier alpha value is -3.68. The van der Waals surface area contributed by atoms with Gasteiger partial charge in [0.05, 0.1) is 11.2 Å². The molecule has 0 radical (unpaired) electrons.